The summed E-state index contributed by atoms with van der Waals surface area (Å²) in [4.78, 5) is 15.1. The molecule has 2 aromatic carbocycles. The molecule has 4 rings (SSSR count). The molecule has 1 fully saturated rings. The molecule has 0 N–H and O–H groups in total. The summed E-state index contributed by atoms with van der Waals surface area (Å²) >= 11 is 0. The largest absolute Gasteiger partial charge is 0.494 e. The predicted octanol–water partition coefficient (Wildman–Crippen LogP) is 4.36. The Bertz CT molecular complexity index is 934. The Labute approximate surface area is 171 Å². The number of ether oxygens (including phenoxy) is 1. The highest BCUT2D eigenvalue weighted by atomic mass is 16.5. The average Bonchev–Trinajstić information content (AvgIpc) is 3.41. The zero-order valence-corrected chi connectivity index (χ0v) is 16.8. The van der Waals surface area contributed by atoms with Crippen molar-refractivity contribution in [2.75, 3.05) is 19.7 Å². The van der Waals surface area contributed by atoms with Gasteiger partial charge in [0.25, 0.3) is 0 Å². The van der Waals surface area contributed by atoms with Gasteiger partial charge in [0, 0.05) is 24.3 Å². The third-order valence-electron chi connectivity index (χ3n) is 5.53. The average molecular weight is 389 g/mol. The molecule has 0 aliphatic carbocycles. The van der Waals surface area contributed by atoms with E-state index in [2.05, 4.69) is 16.9 Å². The van der Waals surface area contributed by atoms with Crippen molar-refractivity contribution in [3.05, 3.63) is 78.1 Å². The second kappa shape index (κ2) is 9.05. The lowest BCUT2D eigenvalue weighted by molar-refractivity contribution is 0.103. The van der Waals surface area contributed by atoms with E-state index >= 15 is 0 Å². The number of benzene rings is 2. The van der Waals surface area contributed by atoms with Crippen molar-refractivity contribution in [3.8, 4) is 11.4 Å². The standard InChI is InChI=1S/C24H27N3O2/c1-19-7-5-14-26(19)15-6-16-29-23-12-10-22(11-13-23)27-18-21(17-25-27)24(28)20-8-3-2-4-9-20/h2-4,8-13,17-19H,5-7,14-16H2,1H3. The predicted molar refractivity (Wildman–Crippen MR) is 114 cm³/mol. The fourth-order valence-corrected chi connectivity index (χ4v) is 3.82. The SMILES string of the molecule is CC1CCCN1CCCOc1ccc(-n2cc(C(=O)c3ccccc3)cn2)cc1. The molecule has 1 aliphatic rings. The Balaban J connectivity index is 1.31. The highest BCUT2D eigenvalue weighted by Gasteiger charge is 2.19. The van der Waals surface area contributed by atoms with Crippen LogP contribution in [0.15, 0.2) is 67.0 Å². The van der Waals surface area contributed by atoms with Crippen LogP contribution in [0.2, 0.25) is 0 Å². The maximum atomic E-state index is 12.5. The molecule has 3 aromatic rings. The number of carbonyl (C=O) groups is 1. The molecular formula is C24H27N3O2. The molecule has 2 heterocycles. The van der Waals surface area contributed by atoms with E-state index in [9.17, 15) is 4.79 Å². The van der Waals surface area contributed by atoms with Gasteiger partial charge in [-0.25, -0.2) is 4.68 Å². The molecule has 0 radical (unpaired) electrons. The van der Waals surface area contributed by atoms with Crippen molar-refractivity contribution < 1.29 is 9.53 Å². The van der Waals surface area contributed by atoms with Gasteiger partial charge >= 0.3 is 0 Å². The van der Waals surface area contributed by atoms with Crippen molar-refractivity contribution in [1.82, 2.24) is 14.7 Å². The second-order valence-electron chi connectivity index (χ2n) is 7.59. The van der Waals surface area contributed by atoms with Gasteiger partial charge in [0.15, 0.2) is 5.78 Å². The normalized spacial score (nSPS) is 16.8. The molecule has 1 aliphatic heterocycles. The zero-order valence-electron chi connectivity index (χ0n) is 16.8. The number of likely N-dealkylation sites (tertiary alicyclic amines) is 1. The lowest BCUT2D eigenvalue weighted by atomic mass is 10.1. The molecule has 0 spiro atoms. The second-order valence-corrected chi connectivity index (χ2v) is 7.59. The van der Waals surface area contributed by atoms with Gasteiger partial charge in [-0.1, -0.05) is 30.3 Å². The first-order valence-electron chi connectivity index (χ1n) is 10.3. The molecule has 1 aromatic heterocycles. The molecule has 5 heteroatoms. The van der Waals surface area contributed by atoms with Crippen LogP contribution in [0.1, 0.15) is 42.1 Å². The number of nitrogens with zero attached hydrogens (tertiary/aromatic N) is 3. The van der Waals surface area contributed by atoms with Crippen LogP contribution < -0.4 is 4.74 Å². The number of carbonyl (C=O) groups excluding carboxylic acids is 1. The Hall–Kier alpha value is -2.92. The van der Waals surface area contributed by atoms with Crippen molar-refractivity contribution in [3.63, 3.8) is 0 Å². The molecule has 150 valence electrons. The summed E-state index contributed by atoms with van der Waals surface area (Å²) in [6, 6.07) is 17.8. The minimum atomic E-state index is -0.0240. The topological polar surface area (TPSA) is 47.4 Å². The van der Waals surface area contributed by atoms with Crippen LogP contribution >= 0.6 is 0 Å². The monoisotopic (exact) mass is 389 g/mol. The summed E-state index contributed by atoms with van der Waals surface area (Å²) in [5.41, 5.74) is 2.14. The summed E-state index contributed by atoms with van der Waals surface area (Å²) < 4.78 is 7.60. The van der Waals surface area contributed by atoms with Crippen LogP contribution in [0.4, 0.5) is 0 Å². The summed E-state index contributed by atoms with van der Waals surface area (Å²) in [5, 5.41) is 4.34. The van der Waals surface area contributed by atoms with Crippen LogP contribution in [0.3, 0.4) is 0 Å². The Morgan fingerprint density at radius 2 is 1.90 bits per heavy atom. The van der Waals surface area contributed by atoms with Crippen molar-refractivity contribution in [2.24, 2.45) is 0 Å². The lowest BCUT2D eigenvalue weighted by Crippen LogP contribution is -2.28. The fourth-order valence-electron chi connectivity index (χ4n) is 3.82. The molecule has 1 unspecified atom stereocenters. The first-order valence-corrected chi connectivity index (χ1v) is 10.3. The minimum absolute atomic E-state index is 0.0240. The zero-order chi connectivity index (χ0) is 20.1. The molecule has 5 nitrogen and oxygen atoms in total. The van der Waals surface area contributed by atoms with E-state index in [0.717, 1.165) is 31.0 Å². The minimum Gasteiger partial charge on any atom is -0.494 e. The molecular weight excluding hydrogens is 362 g/mol. The number of rotatable bonds is 8. The van der Waals surface area contributed by atoms with Gasteiger partial charge in [-0.15, -0.1) is 0 Å². The van der Waals surface area contributed by atoms with E-state index in [1.54, 1.807) is 17.1 Å². The van der Waals surface area contributed by atoms with Crippen molar-refractivity contribution in [1.29, 1.82) is 0 Å². The third kappa shape index (κ3) is 4.74. The van der Waals surface area contributed by atoms with Gasteiger partial charge in [0.2, 0.25) is 0 Å². The first kappa shape index (κ1) is 19.4. The molecule has 1 saturated heterocycles. The molecule has 0 saturated carbocycles. The van der Waals surface area contributed by atoms with Gasteiger partial charge in [0.05, 0.1) is 24.1 Å². The third-order valence-corrected chi connectivity index (χ3v) is 5.53. The summed E-state index contributed by atoms with van der Waals surface area (Å²) in [5.74, 6) is 0.833. The molecule has 0 amide bonds. The lowest BCUT2D eigenvalue weighted by Gasteiger charge is -2.20. The van der Waals surface area contributed by atoms with Gasteiger partial charge in [-0.05, 0) is 57.0 Å². The van der Waals surface area contributed by atoms with E-state index in [4.69, 9.17) is 4.74 Å². The van der Waals surface area contributed by atoms with Crippen LogP contribution in [-0.2, 0) is 0 Å². The highest BCUT2D eigenvalue weighted by molar-refractivity contribution is 6.08. The van der Waals surface area contributed by atoms with Crippen LogP contribution in [0, 0.1) is 0 Å². The van der Waals surface area contributed by atoms with Crippen molar-refractivity contribution in [2.45, 2.75) is 32.2 Å². The van der Waals surface area contributed by atoms with Gasteiger partial charge in [-0.3, -0.25) is 4.79 Å². The number of ketones is 1. The van der Waals surface area contributed by atoms with E-state index in [1.807, 2.05) is 54.6 Å². The Morgan fingerprint density at radius 1 is 1.10 bits per heavy atom. The summed E-state index contributed by atoms with van der Waals surface area (Å²) in [6.07, 6.45) is 7.04. The first-order chi connectivity index (χ1) is 14.2. The summed E-state index contributed by atoms with van der Waals surface area (Å²) in [7, 11) is 0. The smallest absolute Gasteiger partial charge is 0.196 e. The van der Waals surface area contributed by atoms with Crippen LogP contribution in [-0.4, -0.2) is 46.2 Å². The summed E-state index contributed by atoms with van der Waals surface area (Å²) in [6.45, 7) is 5.35. The maximum absolute atomic E-state index is 12.5. The van der Waals surface area contributed by atoms with E-state index in [1.165, 1.54) is 19.4 Å². The quantitative estimate of drug-likeness (QED) is 0.424. The van der Waals surface area contributed by atoms with E-state index in [-0.39, 0.29) is 5.78 Å². The Kier molecular flexibility index (Phi) is 6.06. The number of hydrogen-bond donors (Lipinski definition) is 0. The van der Waals surface area contributed by atoms with E-state index in [0.29, 0.717) is 17.2 Å². The number of aromatic nitrogens is 2. The van der Waals surface area contributed by atoms with Crippen LogP contribution in [0.5, 0.6) is 5.75 Å². The number of hydrogen-bond acceptors (Lipinski definition) is 4. The molecule has 0 bridgehead atoms. The van der Waals surface area contributed by atoms with Crippen LogP contribution in [0.25, 0.3) is 5.69 Å². The molecule has 1 atom stereocenters. The van der Waals surface area contributed by atoms with Gasteiger partial charge in [-0.2, -0.15) is 5.10 Å². The van der Waals surface area contributed by atoms with Gasteiger partial charge in [0.1, 0.15) is 5.75 Å². The van der Waals surface area contributed by atoms with Crippen molar-refractivity contribution >= 4 is 5.78 Å². The maximum Gasteiger partial charge on any atom is 0.196 e. The van der Waals surface area contributed by atoms with Gasteiger partial charge < -0.3 is 9.64 Å². The molecule has 29 heavy (non-hydrogen) atoms. The Morgan fingerprint density at radius 3 is 2.62 bits per heavy atom. The fraction of sp³-hybridized carbons (Fsp3) is 0.333. The van der Waals surface area contributed by atoms with E-state index < -0.39 is 0 Å². The highest BCUT2D eigenvalue weighted by Crippen LogP contribution is 2.18.